The minimum absolute atomic E-state index is 1.02. The molecule has 0 amide bonds. The third-order valence-corrected chi connectivity index (χ3v) is 3.05. The van der Waals surface area contributed by atoms with Gasteiger partial charge in [0, 0.05) is 22.5 Å². The number of halogens is 1. The van der Waals surface area contributed by atoms with Crippen LogP contribution in [-0.2, 0) is 0 Å². The maximum absolute atomic E-state index is 3.51. The molecule has 13 heavy (non-hydrogen) atoms. The fraction of sp³-hybridized carbons (Fsp3) is 0.400. The Bertz CT molecular complexity index is 276. The molecule has 72 valence electrons. The fourth-order valence-corrected chi connectivity index (χ4v) is 1.76. The molecule has 1 N–H and O–H groups in total. The van der Waals surface area contributed by atoms with Crippen LogP contribution in [0.5, 0.6) is 0 Å². The van der Waals surface area contributed by atoms with Gasteiger partial charge >= 0.3 is 0 Å². The van der Waals surface area contributed by atoms with E-state index in [1.807, 2.05) is 11.8 Å². The lowest BCUT2D eigenvalue weighted by Crippen LogP contribution is -2.04. The summed E-state index contributed by atoms with van der Waals surface area (Å²) in [5.41, 5.74) is 2.48. The van der Waals surface area contributed by atoms with Crippen LogP contribution in [0.1, 0.15) is 5.56 Å². The number of benzene rings is 1. The van der Waals surface area contributed by atoms with Crippen LogP contribution in [0.4, 0.5) is 5.69 Å². The molecule has 1 aromatic carbocycles. The Labute approximate surface area is 92.4 Å². The van der Waals surface area contributed by atoms with Gasteiger partial charge in [-0.2, -0.15) is 11.8 Å². The zero-order valence-corrected chi connectivity index (χ0v) is 10.3. The summed E-state index contributed by atoms with van der Waals surface area (Å²) in [4.78, 5) is 0. The predicted molar refractivity (Wildman–Crippen MR) is 65.8 cm³/mol. The Morgan fingerprint density at radius 1 is 1.46 bits per heavy atom. The second-order valence-corrected chi connectivity index (χ2v) is 4.74. The van der Waals surface area contributed by atoms with E-state index in [0.29, 0.717) is 0 Å². The van der Waals surface area contributed by atoms with Crippen LogP contribution in [0.3, 0.4) is 0 Å². The summed E-state index contributed by atoms with van der Waals surface area (Å²) in [6.07, 6.45) is 2.12. The molecule has 1 nitrogen and oxygen atoms in total. The van der Waals surface area contributed by atoms with Crippen LogP contribution in [0.25, 0.3) is 0 Å². The van der Waals surface area contributed by atoms with Gasteiger partial charge in [0.2, 0.25) is 0 Å². The summed E-state index contributed by atoms with van der Waals surface area (Å²) in [7, 11) is 0. The van der Waals surface area contributed by atoms with Gasteiger partial charge in [-0.3, -0.25) is 0 Å². The van der Waals surface area contributed by atoms with Crippen LogP contribution in [0, 0.1) is 6.92 Å². The molecule has 0 saturated heterocycles. The van der Waals surface area contributed by atoms with Crippen molar-refractivity contribution in [1.29, 1.82) is 0 Å². The van der Waals surface area contributed by atoms with Gasteiger partial charge in [-0.25, -0.2) is 0 Å². The van der Waals surface area contributed by atoms with Crippen molar-refractivity contribution >= 4 is 33.4 Å². The van der Waals surface area contributed by atoms with E-state index < -0.39 is 0 Å². The number of anilines is 1. The van der Waals surface area contributed by atoms with Gasteiger partial charge in [-0.15, -0.1) is 0 Å². The molecule has 3 heteroatoms. The van der Waals surface area contributed by atoms with E-state index in [0.717, 1.165) is 16.8 Å². The van der Waals surface area contributed by atoms with E-state index in [1.165, 1.54) is 11.3 Å². The Morgan fingerprint density at radius 2 is 2.23 bits per heavy atom. The first-order chi connectivity index (χ1) is 6.24. The molecule has 1 rings (SSSR count). The molecule has 0 aliphatic rings. The number of thioether (sulfide) groups is 1. The normalized spacial score (nSPS) is 10.1. The molecular weight excluding hydrogens is 246 g/mol. The lowest BCUT2D eigenvalue weighted by atomic mass is 10.2. The number of rotatable bonds is 4. The summed E-state index contributed by atoms with van der Waals surface area (Å²) >= 11 is 5.37. The Hall–Kier alpha value is -0.150. The van der Waals surface area contributed by atoms with E-state index in [9.17, 15) is 0 Å². The van der Waals surface area contributed by atoms with E-state index in [1.54, 1.807) is 0 Å². The first kappa shape index (κ1) is 10.9. The summed E-state index contributed by atoms with van der Waals surface area (Å²) < 4.78 is 1.14. The van der Waals surface area contributed by atoms with Crippen molar-refractivity contribution in [2.45, 2.75) is 6.92 Å². The van der Waals surface area contributed by atoms with Gasteiger partial charge in [0.15, 0.2) is 0 Å². The third-order valence-electron chi connectivity index (χ3n) is 1.74. The highest BCUT2D eigenvalue weighted by molar-refractivity contribution is 9.10. The van der Waals surface area contributed by atoms with Crippen LogP contribution < -0.4 is 5.32 Å². The number of nitrogens with one attached hydrogen (secondary N) is 1. The smallest absolute Gasteiger partial charge is 0.0487 e. The molecule has 0 bridgehead atoms. The Kier molecular flexibility index (Phi) is 4.67. The minimum Gasteiger partial charge on any atom is -0.383 e. The van der Waals surface area contributed by atoms with E-state index in [4.69, 9.17) is 0 Å². The Morgan fingerprint density at radius 3 is 2.92 bits per heavy atom. The summed E-state index contributed by atoms with van der Waals surface area (Å²) in [5.74, 6) is 1.14. The number of hydrogen-bond donors (Lipinski definition) is 1. The molecule has 0 unspecified atom stereocenters. The SMILES string of the molecule is CSCCNc1cc(C)ccc1Br. The molecule has 0 aromatic heterocycles. The van der Waals surface area contributed by atoms with Crippen LogP contribution in [-0.4, -0.2) is 18.6 Å². The van der Waals surface area contributed by atoms with Crippen molar-refractivity contribution < 1.29 is 0 Å². The van der Waals surface area contributed by atoms with Crippen molar-refractivity contribution in [1.82, 2.24) is 0 Å². The molecule has 0 spiro atoms. The highest BCUT2D eigenvalue weighted by Gasteiger charge is 1.97. The van der Waals surface area contributed by atoms with Crippen molar-refractivity contribution in [2.75, 3.05) is 23.9 Å². The van der Waals surface area contributed by atoms with E-state index in [-0.39, 0.29) is 0 Å². The highest BCUT2D eigenvalue weighted by Crippen LogP contribution is 2.23. The number of aryl methyl sites for hydroxylation is 1. The second kappa shape index (κ2) is 5.55. The lowest BCUT2D eigenvalue weighted by Gasteiger charge is -2.08. The van der Waals surface area contributed by atoms with Crippen molar-refractivity contribution in [2.24, 2.45) is 0 Å². The average molecular weight is 260 g/mol. The maximum Gasteiger partial charge on any atom is 0.0487 e. The van der Waals surface area contributed by atoms with Crippen molar-refractivity contribution in [3.63, 3.8) is 0 Å². The van der Waals surface area contributed by atoms with Crippen molar-refractivity contribution in [3.8, 4) is 0 Å². The highest BCUT2D eigenvalue weighted by atomic mass is 79.9. The predicted octanol–water partition coefficient (Wildman–Crippen LogP) is 3.53. The molecule has 0 aliphatic heterocycles. The van der Waals surface area contributed by atoms with Gasteiger partial charge < -0.3 is 5.32 Å². The summed E-state index contributed by atoms with van der Waals surface area (Å²) in [6.45, 7) is 3.12. The van der Waals surface area contributed by atoms with Crippen LogP contribution >= 0.6 is 27.7 Å². The first-order valence-corrected chi connectivity index (χ1v) is 6.41. The monoisotopic (exact) mass is 259 g/mol. The van der Waals surface area contributed by atoms with Gasteiger partial charge in [0.05, 0.1) is 0 Å². The van der Waals surface area contributed by atoms with Gasteiger partial charge in [-0.1, -0.05) is 6.07 Å². The minimum atomic E-state index is 1.02. The molecule has 1 aromatic rings. The molecular formula is C10H14BrNS. The van der Waals surface area contributed by atoms with Crippen LogP contribution in [0.15, 0.2) is 22.7 Å². The second-order valence-electron chi connectivity index (χ2n) is 2.90. The summed E-state index contributed by atoms with van der Waals surface area (Å²) in [6, 6.07) is 6.34. The molecule has 0 radical (unpaired) electrons. The maximum atomic E-state index is 3.51. The Balaban J connectivity index is 2.59. The zero-order valence-electron chi connectivity index (χ0n) is 7.93. The largest absolute Gasteiger partial charge is 0.383 e. The van der Waals surface area contributed by atoms with Gasteiger partial charge in [0.25, 0.3) is 0 Å². The first-order valence-electron chi connectivity index (χ1n) is 4.23. The quantitative estimate of drug-likeness (QED) is 0.831. The molecule has 0 heterocycles. The molecule has 0 atom stereocenters. The summed E-state index contributed by atoms with van der Waals surface area (Å²) in [5, 5.41) is 3.39. The number of hydrogen-bond acceptors (Lipinski definition) is 2. The van der Waals surface area contributed by atoms with E-state index >= 15 is 0 Å². The topological polar surface area (TPSA) is 12.0 Å². The van der Waals surface area contributed by atoms with Gasteiger partial charge in [-0.05, 0) is 46.8 Å². The molecule has 0 saturated carbocycles. The lowest BCUT2D eigenvalue weighted by molar-refractivity contribution is 1.22. The zero-order chi connectivity index (χ0) is 9.68. The van der Waals surface area contributed by atoms with E-state index in [2.05, 4.69) is 52.6 Å². The standard InChI is InChI=1S/C10H14BrNS/c1-8-3-4-9(11)10(7-8)12-5-6-13-2/h3-4,7,12H,5-6H2,1-2H3. The molecule has 0 aliphatic carbocycles. The third kappa shape index (κ3) is 3.61. The molecule has 0 fully saturated rings. The van der Waals surface area contributed by atoms with Crippen LogP contribution in [0.2, 0.25) is 0 Å². The van der Waals surface area contributed by atoms with Gasteiger partial charge in [0.1, 0.15) is 0 Å². The average Bonchev–Trinajstić information content (AvgIpc) is 2.11. The fourth-order valence-electron chi connectivity index (χ4n) is 1.06. The van der Waals surface area contributed by atoms with Crippen molar-refractivity contribution in [3.05, 3.63) is 28.2 Å².